The van der Waals surface area contributed by atoms with E-state index in [0.29, 0.717) is 4.83 Å². The van der Waals surface area contributed by atoms with Gasteiger partial charge in [0.15, 0.2) is 0 Å². The van der Waals surface area contributed by atoms with E-state index in [4.69, 9.17) is 0 Å². The number of halogens is 1. The van der Waals surface area contributed by atoms with Gasteiger partial charge in [0, 0.05) is 4.83 Å². The Kier molecular flexibility index (Phi) is 3.50. The first-order valence-corrected chi connectivity index (χ1v) is 6.77. The summed E-state index contributed by atoms with van der Waals surface area (Å²) in [4.78, 5) is 0.672. The minimum absolute atomic E-state index is 0.672. The quantitative estimate of drug-likeness (QED) is 0.709. The molecule has 0 spiro atoms. The van der Waals surface area contributed by atoms with Crippen LogP contribution in [0.2, 0.25) is 0 Å². The van der Waals surface area contributed by atoms with Crippen LogP contribution >= 0.6 is 15.9 Å². The van der Waals surface area contributed by atoms with Crippen molar-refractivity contribution in [2.24, 2.45) is 5.92 Å². The predicted molar refractivity (Wildman–Crippen MR) is 69.7 cm³/mol. The maximum atomic E-state index is 3.81. The topological polar surface area (TPSA) is 0 Å². The fourth-order valence-electron chi connectivity index (χ4n) is 2.06. The van der Waals surface area contributed by atoms with Crippen molar-refractivity contribution in [1.82, 2.24) is 0 Å². The zero-order valence-corrected chi connectivity index (χ0v) is 11.2. The molecule has 0 amide bonds. The van der Waals surface area contributed by atoms with Gasteiger partial charge in [-0.15, -0.1) is 0 Å². The largest absolute Gasteiger partial charge is 0.0887 e. The Morgan fingerprint density at radius 2 is 2.07 bits per heavy atom. The van der Waals surface area contributed by atoms with Gasteiger partial charge < -0.3 is 0 Å². The maximum absolute atomic E-state index is 3.81. The fourth-order valence-corrected chi connectivity index (χ4v) is 2.93. The Morgan fingerprint density at radius 1 is 1.33 bits per heavy atom. The van der Waals surface area contributed by atoms with Crippen molar-refractivity contribution in [2.75, 3.05) is 0 Å². The number of rotatable bonds is 4. The molecule has 0 aromatic heterocycles. The van der Waals surface area contributed by atoms with Gasteiger partial charge in [-0.25, -0.2) is 0 Å². The Balaban J connectivity index is 1.98. The number of hydrogen-bond donors (Lipinski definition) is 0. The molecule has 1 unspecified atom stereocenters. The smallest absolute Gasteiger partial charge is 0.0188 e. The number of hydrogen-bond acceptors (Lipinski definition) is 0. The van der Waals surface area contributed by atoms with Crippen LogP contribution in [0.5, 0.6) is 0 Å². The molecule has 1 atom stereocenters. The molecule has 2 rings (SSSR count). The van der Waals surface area contributed by atoms with Gasteiger partial charge in [0.25, 0.3) is 0 Å². The summed E-state index contributed by atoms with van der Waals surface area (Å²) in [6.07, 6.45) is 5.45. The molecule has 0 bridgehead atoms. The van der Waals surface area contributed by atoms with Gasteiger partial charge in [0.1, 0.15) is 0 Å². The zero-order valence-electron chi connectivity index (χ0n) is 9.59. The second-order valence-corrected chi connectivity index (χ2v) is 6.21. The molecule has 0 N–H and O–H groups in total. The van der Waals surface area contributed by atoms with Crippen LogP contribution < -0.4 is 0 Å². The summed E-state index contributed by atoms with van der Waals surface area (Å²) in [5.41, 5.74) is 4.32. The van der Waals surface area contributed by atoms with Gasteiger partial charge in [-0.05, 0) is 43.7 Å². The average molecular weight is 267 g/mol. The molecule has 1 aliphatic carbocycles. The first-order valence-electron chi connectivity index (χ1n) is 5.85. The van der Waals surface area contributed by atoms with Crippen molar-refractivity contribution < 1.29 is 0 Å². The van der Waals surface area contributed by atoms with Crippen LogP contribution in [0.1, 0.15) is 36.0 Å². The molecule has 1 aromatic rings. The van der Waals surface area contributed by atoms with E-state index in [9.17, 15) is 0 Å². The van der Waals surface area contributed by atoms with Crippen LogP contribution in [0.25, 0.3) is 0 Å². The van der Waals surface area contributed by atoms with E-state index in [-0.39, 0.29) is 0 Å². The van der Waals surface area contributed by atoms with E-state index in [2.05, 4.69) is 48.0 Å². The van der Waals surface area contributed by atoms with E-state index in [1.54, 1.807) is 0 Å². The van der Waals surface area contributed by atoms with Crippen molar-refractivity contribution in [3.8, 4) is 0 Å². The average Bonchev–Trinajstić information content (AvgIpc) is 2.95. The first-order chi connectivity index (χ1) is 7.15. The van der Waals surface area contributed by atoms with Crippen molar-refractivity contribution in [3.05, 3.63) is 34.9 Å². The number of alkyl halides is 1. The molecule has 0 saturated heterocycles. The SMILES string of the molecule is Cc1ccc(C)c(CC(Br)CC2CC2)c1. The highest BCUT2D eigenvalue weighted by Crippen LogP contribution is 2.36. The van der Waals surface area contributed by atoms with E-state index < -0.39 is 0 Å². The summed E-state index contributed by atoms with van der Waals surface area (Å²) in [6.45, 7) is 4.39. The van der Waals surface area contributed by atoms with E-state index in [1.165, 1.54) is 42.4 Å². The van der Waals surface area contributed by atoms with Crippen LogP contribution in [0, 0.1) is 19.8 Å². The van der Waals surface area contributed by atoms with E-state index >= 15 is 0 Å². The third-order valence-electron chi connectivity index (χ3n) is 3.23. The Bertz CT molecular complexity index is 339. The normalized spacial score (nSPS) is 17.8. The lowest BCUT2D eigenvalue weighted by atomic mass is 10.00. The minimum Gasteiger partial charge on any atom is -0.0887 e. The third-order valence-corrected chi connectivity index (χ3v) is 3.93. The second kappa shape index (κ2) is 4.69. The Labute approximate surface area is 101 Å². The summed E-state index contributed by atoms with van der Waals surface area (Å²) < 4.78 is 0. The molecule has 1 aromatic carbocycles. The lowest BCUT2D eigenvalue weighted by molar-refractivity contribution is 0.689. The second-order valence-electron chi connectivity index (χ2n) is 4.91. The van der Waals surface area contributed by atoms with Crippen molar-refractivity contribution >= 4 is 15.9 Å². The number of benzene rings is 1. The van der Waals surface area contributed by atoms with Crippen molar-refractivity contribution in [2.45, 2.75) is 44.4 Å². The highest BCUT2D eigenvalue weighted by atomic mass is 79.9. The van der Waals surface area contributed by atoms with Gasteiger partial charge in [-0.1, -0.05) is 52.5 Å². The van der Waals surface area contributed by atoms with Gasteiger partial charge in [-0.3, -0.25) is 0 Å². The van der Waals surface area contributed by atoms with Crippen LogP contribution in [-0.4, -0.2) is 4.83 Å². The minimum atomic E-state index is 0.672. The van der Waals surface area contributed by atoms with Gasteiger partial charge in [0.05, 0.1) is 0 Å². The lowest BCUT2D eigenvalue weighted by Gasteiger charge is -2.12. The molecule has 0 nitrogen and oxygen atoms in total. The van der Waals surface area contributed by atoms with E-state index in [0.717, 1.165) is 5.92 Å². The Hall–Kier alpha value is -0.300. The van der Waals surface area contributed by atoms with E-state index in [1.807, 2.05) is 0 Å². The molecule has 1 heteroatoms. The highest BCUT2D eigenvalue weighted by Gasteiger charge is 2.24. The van der Waals surface area contributed by atoms with Crippen LogP contribution in [0.15, 0.2) is 18.2 Å². The molecule has 1 fully saturated rings. The molecule has 0 heterocycles. The Morgan fingerprint density at radius 3 is 2.73 bits per heavy atom. The van der Waals surface area contributed by atoms with Crippen LogP contribution in [0.4, 0.5) is 0 Å². The summed E-state index contributed by atoms with van der Waals surface area (Å²) in [7, 11) is 0. The highest BCUT2D eigenvalue weighted by molar-refractivity contribution is 9.09. The van der Waals surface area contributed by atoms with Crippen molar-refractivity contribution in [1.29, 1.82) is 0 Å². The monoisotopic (exact) mass is 266 g/mol. The fraction of sp³-hybridized carbons (Fsp3) is 0.571. The molecule has 82 valence electrons. The molecule has 0 aliphatic heterocycles. The molecule has 1 aliphatic rings. The van der Waals surface area contributed by atoms with Crippen molar-refractivity contribution in [3.63, 3.8) is 0 Å². The van der Waals surface area contributed by atoms with Crippen LogP contribution in [0.3, 0.4) is 0 Å². The number of aryl methyl sites for hydroxylation is 2. The maximum Gasteiger partial charge on any atom is 0.0188 e. The van der Waals surface area contributed by atoms with Gasteiger partial charge in [-0.2, -0.15) is 0 Å². The summed E-state index contributed by atoms with van der Waals surface area (Å²) in [5.74, 6) is 1.01. The third kappa shape index (κ3) is 3.34. The lowest BCUT2D eigenvalue weighted by Crippen LogP contribution is -2.05. The molecular formula is C14H19Br. The predicted octanol–water partition coefficient (Wildman–Crippen LogP) is 4.41. The van der Waals surface area contributed by atoms with Gasteiger partial charge >= 0.3 is 0 Å². The molecule has 15 heavy (non-hydrogen) atoms. The molecule has 0 radical (unpaired) electrons. The van der Waals surface area contributed by atoms with Crippen LogP contribution in [-0.2, 0) is 6.42 Å². The summed E-state index contributed by atoms with van der Waals surface area (Å²) >= 11 is 3.81. The zero-order chi connectivity index (χ0) is 10.8. The molecular weight excluding hydrogens is 248 g/mol. The first kappa shape index (κ1) is 11.2. The molecule has 1 saturated carbocycles. The standard InChI is InChI=1S/C14H19Br/c1-10-3-4-11(2)13(7-10)9-14(15)8-12-5-6-12/h3-4,7,12,14H,5-6,8-9H2,1-2H3. The summed E-state index contributed by atoms with van der Waals surface area (Å²) in [6, 6.07) is 6.76. The van der Waals surface area contributed by atoms with Gasteiger partial charge in [0.2, 0.25) is 0 Å². The summed E-state index contributed by atoms with van der Waals surface area (Å²) in [5, 5.41) is 0.